The fourth-order valence-corrected chi connectivity index (χ4v) is 2.55. The van der Waals surface area contributed by atoms with Crippen molar-refractivity contribution in [3.8, 4) is 5.75 Å². The van der Waals surface area contributed by atoms with Gasteiger partial charge in [-0.05, 0) is 49.4 Å². The van der Waals surface area contributed by atoms with Crippen LogP contribution in [-0.4, -0.2) is 12.0 Å². The molecule has 2 rings (SSSR count). The maximum absolute atomic E-state index is 12.5. The van der Waals surface area contributed by atoms with Crippen molar-refractivity contribution in [2.75, 3.05) is 5.32 Å². The molecule has 3 nitrogen and oxygen atoms in total. The zero-order valence-corrected chi connectivity index (χ0v) is 14.5. The monoisotopic (exact) mass is 311 g/mol. The van der Waals surface area contributed by atoms with Crippen molar-refractivity contribution in [3.05, 3.63) is 59.2 Å². The van der Waals surface area contributed by atoms with Crippen LogP contribution in [0.5, 0.6) is 5.75 Å². The minimum atomic E-state index is -0.561. The summed E-state index contributed by atoms with van der Waals surface area (Å²) >= 11 is 0. The van der Waals surface area contributed by atoms with Crippen molar-refractivity contribution in [1.82, 2.24) is 0 Å². The summed E-state index contributed by atoms with van der Waals surface area (Å²) in [5.41, 5.74) is 4.07. The standard InChI is InChI=1S/C20H25NO2/c1-13(2)17-11-6-7-12-18(17)23-16(5)20(22)21-19-14(3)9-8-10-15(19)4/h6-13,16H,1-5H3,(H,21,22)/t16-/m0/s1. The number of ether oxygens (including phenoxy) is 1. The molecule has 2 aromatic carbocycles. The highest BCUT2D eigenvalue weighted by Crippen LogP contribution is 2.27. The van der Waals surface area contributed by atoms with E-state index in [9.17, 15) is 4.79 Å². The van der Waals surface area contributed by atoms with Crippen molar-refractivity contribution in [3.63, 3.8) is 0 Å². The van der Waals surface area contributed by atoms with Gasteiger partial charge in [0.25, 0.3) is 5.91 Å². The van der Waals surface area contributed by atoms with E-state index in [1.54, 1.807) is 6.92 Å². The van der Waals surface area contributed by atoms with Gasteiger partial charge in [-0.15, -0.1) is 0 Å². The summed E-state index contributed by atoms with van der Waals surface area (Å²) in [6.07, 6.45) is -0.561. The van der Waals surface area contributed by atoms with Crippen LogP contribution in [0.3, 0.4) is 0 Å². The minimum absolute atomic E-state index is 0.138. The number of hydrogen-bond acceptors (Lipinski definition) is 2. The Bertz CT molecular complexity index is 672. The van der Waals surface area contributed by atoms with E-state index in [0.29, 0.717) is 5.92 Å². The number of rotatable bonds is 5. The molecule has 0 spiro atoms. The molecule has 0 bridgehead atoms. The molecular weight excluding hydrogens is 286 g/mol. The molecule has 122 valence electrons. The van der Waals surface area contributed by atoms with E-state index in [4.69, 9.17) is 4.74 Å². The van der Waals surface area contributed by atoms with Gasteiger partial charge in [0.05, 0.1) is 0 Å². The number of carbonyl (C=O) groups excluding carboxylic acids is 1. The predicted octanol–water partition coefficient (Wildman–Crippen LogP) is 4.83. The van der Waals surface area contributed by atoms with Gasteiger partial charge in [-0.2, -0.15) is 0 Å². The molecule has 0 aromatic heterocycles. The molecular formula is C20H25NO2. The van der Waals surface area contributed by atoms with Crippen LogP contribution in [0.25, 0.3) is 0 Å². The lowest BCUT2D eigenvalue weighted by Gasteiger charge is -2.19. The number of benzene rings is 2. The molecule has 1 amide bonds. The first-order chi connectivity index (χ1) is 10.9. The summed E-state index contributed by atoms with van der Waals surface area (Å²) in [5, 5.41) is 2.98. The van der Waals surface area contributed by atoms with Gasteiger partial charge in [0, 0.05) is 5.69 Å². The molecule has 2 aromatic rings. The molecule has 0 radical (unpaired) electrons. The van der Waals surface area contributed by atoms with E-state index in [1.165, 1.54) is 0 Å². The van der Waals surface area contributed by atoms with Crippen LogP contribution >= 0.6 is 0 Å². The number of para-hydroxylation sites is 2. The van der Waals surface area contributed by atoms with Gasteiger partial charge < -0.3 is 10.1 Å². The van der Waals surface area contributed by atoms with Gasteiger partial charge in [0.1, 0.15) is 5.75 Å². The van der Waals surface area contributed by atoms with Crippen molar-refractivity contribution in [2.24, 2.45) is 0 Å². The second kappa shape index (κ2) is 7.32. The molecule has 0 saturated heterocycles. The zero-order valence-electron chi connectivity index (χ0n) is 14.5. The smallest absolute Gasteiger partial charge is 0.265 e. The van der Waals surface area contributed by atoms with E-state index in [1.807, 2.05) is 56.3 Å². The predicted molar refractivity (Wildman–Crippen MR) is 95.2 cm³/mol. The van der Waals surface area contributed by atoms with Crippen LogP contribution in [0.4, 0.5) is 5.69 Å². The molecule has 0 saturated carbocycles. The van der Waals surface area contributed by atoms with Crippen LogP contribution in [0, 0.1) is 13.8 Å². The normalized spacial score (nSPS) is 12.1. The van der Waals surface area contributed by atoms with Gasteiger partial charge in [-0.25, -0.2) is 0 Å². The SMILES string of the molecule is Cc1cccc(C)c1NC(=O)[C@H](C)Oc1ccccc1C(C)C. The number of hydrogen-bond donors (Lipinski definition) is 1. The van der Waals surface area contributed by atoms with Gasteiger partial charge in [-0.1, -0.05) is 50.2 Å². The number of aryl methyl sites for hydroxylation is 2. The third kappa shape index (κ3) is 4.13. The number of nitrogens with one attached hydrogen (secondary N) is 1. The molecule has 0 aliphatic carbocycles. The molecule has 23 heavy (non-hydrogen) atoms. The van der Waals surface area contributed by atoms with Crippen molar-refractivity contribution in [2.45, 2.75) is 46.6 Å². The second-order valence-corrected chi connectivity index (χ2v) is 6.21. The first-order valence-electron chi connectivity index (χ1n) is 8.02. The first kappa shape index (κ1) is 17.1. The lowest BCUT2D eigenvalue weighted by atomic mass is 10.0. The highest BCUT2D eigenvalue weighted by Gasteiger charge is 2.18. The Morgan fingerprint density at radius 2 is 1.57 bits per heavy atom. The minimum Gasteiger partial charge on any atom is -0.481 e. The fraction of sp³-hybridized carbons (Fsp3) is 0.350. The summed E-state index contributed by atoms with van der Waals surface area (Å²) < 4.78 is 5.91. The molecule has 0 aliphatic heterocycles. The maximum atomic E-state index is 12.5. The molecule has 1 atom stereocenters. The topological polar surface area (TPSA) is 38.3 Å². The molecule has 3 heteroatoms. The maximum Gasteiger partial charge on any atom is 0.265 e. The lowest BCUT2D eigenvalue weighted by Crippen LogP contribution is -2.31. The van der Waals surface area contributed by atoms with Crippen LogP contribution in [0.1, 0.15) is 43.4 Å². The van der Waals surface area contributed by atoms with Crippen molar-refractivity contribution in [1.29, 1.82) is 0 Å². The average Bonchev–Trinajstić information content (AvgIpc) is 2.51. The Balaban J connectivity index is 2.12. The summed E-state index contributed by atoms with van der Waals surface area (Å²) in [7, 11) is 0. The summed E-state index contributed by atoms with van der Waals surface area (Å²) in [6, 6.07) is 13.8. The quantitative estimate of drug-likeness (QED) is 0.858. The van der Waals surface area contributed by atoms with E-state index in [-0.39, 0.29) is 5.91 Å². The summed E-state index contributed by atoms with van der Waals surface area (Å²) in [4.78, 5) is 12.5. The van der Waals surface area contributed by atoms with Crippen LogP contribution in [0.15, 0.2) is 42.5 Å². The number of amides is 1. The van der Waals surface area contributed by atoms with Gasteiger partial charge >= 0.3 is 0 Å². The first-order valence-corrected chi connectivity index (χ1v) is 8.02. The van der Waals surface area contributed by atoms with Crippen molar-refractivity contribution < 1.29 is 9.53 Å². The molecule has 0 heterocycles. The Morgan fingerprint density at radius 3 is 2.17 bits per heavy atom. The van der Waals surface area contributed by atoms with E-state index in [0.717, 1.165) is 28.1 Å². The third-order valence-electron chi connectivity index (χ3n) is 3.94. The Hall–Kier alpha value is -2.29. The Labute approximate surface area is 138 Å². The molecule has 0 fully saturated rings. The van der Waals surface area contributed by atoms with Gasteiger partial charge in [0.2, 0.25) is 0 Å². The van der Waals surface area contributed by atoms with E-state index < -0.39 is 6.10 Å². The van der Waals surface area contributed by atoms with Gasteiger partial charge in [-0.3, -0.25) is 4.79 Å². The van der Waals surface area contributed by atoms with Crippen molar-refractivity contribution >= 4 is 11.6 Å². The average molecular weight is 311 g/mol. The fourth-order valence-electron chi connectivity index (χ4n) is 2.55. The number of carbonyl (C=O) groups is 1. The molecule has 0 unspecified atom stereocenters. The summed E-state index contributed by atoms with van der Waals surface area (Å²) in [5.74, 6) is 0.979. The van der Waals surface area contributed by atoms with Crippen LogP contribution < -0.4 is 10.1 Å². The van der Waals surface area contributed by atoms with E-state index >= 15 is 0 Å². The highest BCUT2D eigenvalue weighted by atomic mass is 16.5. The number of anilines is 1. The van der Waals surface area contributed by atoms with Crippen LogP contribution in [-0.2, 0) is 4.79 Å². The van der Waals surface area contributed by atoms with E-state index in [2.05, 4.69) is 19.2 Å². The zero-order chi connectivity index (χ0) is 17.0. The van der Waals surface area contributed by atoms with Gasteiger partial charge in [0.15, 0.2) is 6.10 Å². The largest absolute Gasteiger partial charge is 0.481 e. The summed E-state index contributed by atoms with van der Waals surface area (Å²) in [6.45, 7) is 9.98. The highest BCUT2D eigenvalue weighted by molar-refractivity contribution is 5.95. The molecule has 1 N–H and O–H groups in total. The Morgan fingerprint density at radius 1 is 0.957 bits per heavy atom. The van der Waals surface area contributed by atoms with Crippen LogP contribution in [0.2, 0.25) is 0 Å². The third-order valence-corrected chi connectivity index (χ3v) is 3.94. The molecule has 0 aliphatic rings. The Kier molecular flexibility index (Phi) is 5.43. The lowest BCUT2D eigenvalue weighted by molar-refractivity contribution is -0.122. The second-order valence-electron chi connectivity index (χ2n) is 6.21.